The molecule has 0 fully saturated rings. The summed E-state index contributed by atoms with van der Waals surface area (Å²) in [6.07, 6.45) is 0. The van der Waals surface area contributed by atoms with Gasteiger partial charge in [-0.2, -0.15) is 0 Å². The fraction of sp³-hybridized carbons (Fsp3) is 1.00. The molecule has 0 spiro atoms. The average molecular weight is 420 g/mol. The SMILES string of the molecule is C[Si](C)(Br)C[Si](Br)(Br)Br. The first-order valence-corrected chi connectivity index (χ1v) is 16.9. The summed E-state index contributed by atoms with van der Waals surface area (Å²) in [7, 11) is 0. The van der Waals surface area contributed by atoms with Gasteiger partial charge in [0.25, 0.3) is 3.93 Å². The summed E-state index contributed by atoms with van der Waals surface area (Å²) in [4.78, 5) is 0. The molecule has 0 radical (unpaired) electrons. The topological polar surface area (TPSA) is 0 Å². The van der Waals surface area contributed by atoms with E-state index in [-0.39, 0.29) is 0 Å². The molecule has 0 aliphatic heterocycles. The van der Waals surface area contributed by atoms with Gasteiger partial charge in [-0.05, 0) is 5.67 Å². The monoisotopic (exact) mass is 416 g/mol. The van der Waals surface area contributed by atoms with Crippen LogP contribution < -0.4 is 0 Å². The second-order valence-corrected chi connectivity index (χ2v) is 36.8. The molecule has 0 aliphatic carbocycles. The molecule has 0 saturated carbocycles. The van der Waals surface area contributed by atoms with Gasteiger partial charge in [0, 0.05) is 0 Å². The van der Waals surface area contributed by atoms with Crippen LogP contribution in [0.1, 0.15) is 0 Å². The Morgan fingerprint density at radius 3 is 1.33 bits per heavy atom. The molecule has 0 bridgehead atoms. The highest BCUT2D eigenvalue weighted by Gasteiger charge is 2.31. The predicted molar refractivity (Wildman–Crippen MR) is 63.8 cm³/mol. The van der Waals surface area contributed by atoms with Crippen LogP contribution >= 0.6 is 61.2 Å². The minimum absolute atomic E-state index is 1.06. The summed E-state index contributed by atoms with van der Waals surface area (Å²) in [5, 5.41) is 0. The molecule has 0 aromatic heterocycles. The zero-order valence-electron chi connectivity index (χ0n) is 5.22. The Hall–Kier alpha value is 2.35. The number of rotatable bonds is 2. The molecule has 9 heavy (non-hydrogen) atoms. The van der Waals surface area contributed by atoms with Crippen molar-refractivity contribution in [2.24, 2.45) is 0 Å². The molecule has 0 rings (SSSR count). The van der Waals surface area contributed by atoms with Crippen LogP contribution in [0.5, 0.6) is 0 Å². The highest BCUT2D eigenvalue weighted by molar-refractivity contribution is 9.72. The predicted octanol–water partition coefficient (Wildman–Crippen LogP) is 4.25. The third kappa shape index (κ3) is 10.4. The van der Waals surface area contributed by atoms with Crippen LogP contribution in [0, 0.1) is 0 Å². The summed E-state index contributed by atoms with van der Waals surface area (Å²) >= 11 is 14.5. The Morgan fingerprint density at radius 2 is 1.33 bits per heavy atom. The standard InChI is InChI=1S/C3H8Br4Si2/c1-8(2,4)3-9(5,6)7/h3H2,1-2H3. The average Bonchev–Trinajstić information content (AvgIpc) is 1.14. The molecule has 0 aliphatic rings. The van der Waals surface area contributed by atoms with Gasteiger partial charge in [0.15, 0.2) is 0 Å². The first-order chi connectivity index (χ1) is 3.71. The van der Waals surface area contributed by atoms with Crippen LogP contribution in [0.15, 0.2) is 0 Å². The molecule has 0 aromatic carbocycles. The van der Waals surface area contributed by atoms with E-state index in [2.05, 4.69) is 74.3 Å². The van der Waals surface area contributed by atoms with Crippen LogP contribution in [-0.2, 0) is 0 Å². The Bertz CT molecular complexity index is 79.0. The van der Waals surface area contributed by atoms with E-state index in [0.29, 0.717) is 0 Å². The first kappa shape index (κ1) is 11.4. The summed E-state index contributed by atoms with van der Waals surface area (Å²) in [5.74, 6) is 0. The normalized spacial score (nSPS) is 14.0. The first-order valence-electron chi connectivity index (χ1n) is 2.46. The summed E-state index contributed by atoms with van der Waals surface area (Å²) in [6, 6.07) is 0. The number of hydrogen-bond donors (Lipinski definition) is 0. The van der Waals surface area contributed by atoms with Gasteiger partial charge in [-0.3, -0.25) is 0 Å². The summed E-state index contributed by atoms with van der Waals surface area (Å²) < 4.78 is -1.34. The molecule has 0 amide bonds. The van der Waals surface area contributed by atoms with E-state index in [9.17, 15) is 0 Å². The van der Waals surface area contributed by atoms with E-state index in [1.807, 2.05) is 0 Å². The quantitative estimate of drug-likeness (QED) is 0.463. The number of halogens is 4. The molecule has 0 saturated heterocycles. The third-order valence-electron chi connectivity index (χ3n) is 0.621. The van der Waals surface area contributed by atoms with Gasteiger partial charge in [-0.15, -0.1) is 15.3 Å². The molecular weight excluding hydrogens is 412 g/mol. The largest absolute Gasteiger partial charge is 0.265 e. The Labute approximate surface area is 89.5 Å². The second-order valence-electron chi connectivity index (χ2n) is 2.51. The van der Waals surface area contributed by atoms with E-state index >= 15 is 0 Å². The van der Waals surface area contributed by atoms with Gasteiger partial charge >= 0.3 is 0 Å². The van der Waals surface area contributed by atoms with Gasteiger partial charge in [0.2, 0.25) is 0 Å². The van der Waals surface area contributed by atoms with Crippen molar-refractivity contribution in [2.75, 3.05) is 0 Å². The zero-order chi connectivity index (χ0) is 7.71. The molecular formula is C3H8Br4Si2. The summed E-state index contributed by atoms with van der Waals surface area (Å²) in [6.45, 7) is 3.52. The second kappa shape index (κ2) is 3.84. The number of hydrogen-bond acceptors (Lipinski definition) is 0. The Balaban J connectivity index is 3.75. The Morgan fingerprint density at radius 1 is 1.00 bits per heavy atom. The van der Waals surface area contributed by atoms with Crippen molar-refractivity contribution < 1.29 is 0 Å². The lowest BCUT2D eigenvalue weighted by molar-refractivity contribution is 1.79. The van der Waals surface area contributed by atoms with Gasteiger partial charge in [0.05, 0.1) is 0 Å². The summed E-state index contributed by atoms with van der Waals surface area (Å²) in [5.41, 5.74) is 1.24. The van der Waals surface area contributed by atoms with Gasteiger partial charge in [0.1, 0.15) is 6.69 Å². The molecule has 0 atom stereocenters. The van der Waals surface area contributed by atoms with E-state index in [0.717, 1.165) is 0 Å². The van der Waals surface area contributed by atoms with Gasteiger partial charge in [-0.1, -0.05) is 59.0 Å². The molecule has 0 N–H and O–H groups in total. The van der Waals surface area contributed by atoms with Crippen molar-refractivity contribution in [2.45, 2.75) is 18.8 Å². The van der Waals surface area contributed by atoms with E-state index < -0.39 is 10.6 Å². The highest BCUT2D eigenvalue weighted by Crippen LogP contribution is 2.37. The lowest BCUT2D eigenvalue weighted by Gasteiger charge is -2.17. The zero-order valence-corrected chi connectivity index (χ0v) is 13.6. The third-order valence-corrected chi connectivity index (χ3v) is 15.7. The van der Waals surface area contributed by atoms with Gasteiger partial charge < -0.3 is 0 Å². The van der Waals surface area contributed by atoms with Crippen molar-refractivity contribution >= 4 is 71.8 Å². The molecule has 6 heteroatoms. The maximum absolute atomic E-state index is 3.70. The van der Waals surface area contributed by atoms with Crippen LogP contribution in [0.25, 0.3) is 0 Å². The van der Waals surface area contributed by atoms with Crippen LogP contribution in [-0.4, -0.2) is 10.6 Å². The lowest BCUT2D eigenvalue weighted by atomic mass is 11.8. The Kier molecular flexibility index (Phi) is 4.85. The van der Waals surface area contributed by atoms with Crippen molar-refractivity contribution in [3.05, 3.63) is 0 Å². The molecule has 0 nitrogen and oxygen atoms in total. The minimum atomic E-state index is -1.34. The van der Waals surface area contributed by atoms with Gasteiger partial charge in [-0.25, -0.2) is 0 Å². The fourth-order valence-electron chi connectivity index (χ4n) is 0.477. The molecule has 0 unspecified atom stereocenters. The maximum atomic E-state index is 3.70. The highest BCUT2D eigenvalue weighted by atomic mass is 80.0. The maximum Gasteiger partial charge on any atom is 0.265 e. The van der Waals surface area contributed by atoms with Crippen molar-refractivity contribution in [1.82, 2.24) is 0 Å². The van der Waals surface area contributed by atoms with Crippen LogP contribution in [0.4, 0.5) is 0 Å². The minimum Gasteiger partial charge on any atom is -0.127 e. The van der Waals surface area contributed by atoms with Crippen molar-refractivity contribution in [1.29, 1.82) is 0 Å². The molecule has 56 valence electrons. The van der Waals surface area contributed by atoms with E-state index in [4.69, 9.17) is 0 Å². The van der Waals surface area contributed by atoms with Crippen LogP contribution in [0.2, 0.25) is 18.8 Å². The lowest BCUT2D eigenvalue weighted by Crippen LogP contribution is -2.25. The van der Waals surface area contributed by atoms with Crippen LogP contribution in [0.3, 0.4) is 0 Å². The van der Waals surface area contributed by atoms with Crippen molar-refractivity contribution in [3.8, 4) is 0 Å². The molecule has 0 heterocycles. The van der Waals surface area contributed by atoms with E-state index in [1.165, 1.54) is 5.67 Å². The fourth-order valence-corrected chi connectivity index (χ4v) is 37.2. The molecule has 0 aromatic rings. The van der Waals surface area contributed by atoms with Crippen molar-refractivity contribution in [3.63, 3.8) is 0 Å². The van der Waals surface area contributed by atoms with E-state index in [1.54, 1.807) is 0 Å². The smallest absolute Gasteiger partial charge is 0.127 e.